The number of para-hydroxylation sites is 1. The van der Waals surface area contributed by atoms with Crippen LogP contribution in [0.25, 0.3) is 11.0 Å². The fourth-order valence-corrected chi connectivity index (χ4v) is 2.57. The van der Waals surface area contributed by atoms with Crippen LogP contribution in [-0.4, -0.2) is 20.9 Å². The lowest BCUT2D eigenvalue weighted by Crippen LogP contribution is -2.24. The van der Waals surface area contributed by atoms with E-state index in [1.807, 2.05) is 38.1 Å². The largest absolute Gasteiger partial charge is 0.323 e. The third kappa shape index (κ3) is 2.92. The Kier molecular flexibility index (Phi) is 4.05. The van der Waals surface area contributed by atoms with E-state index in [2.05, 4.69) is 15.6 Å². The Morgan fingerprint density at radius 2 is 1.91 bits per heavy atom. The second-order valence-corrected chi connectivity index (χ2v) is 6.01. The number of hydrogen-bond donors (Lipinski definition) is 1. The zero-order valence-corrected chi connectivity index (χ0v) is 13.9. The van der Waals surface area contributed by atoms with Crippen molar-refractivity contribution in [3.63, 3.8) is 0 Å². The first-order valence-electron chi connectivity index (χ1n) is 7.35. The lowest BCUT2D eigenvalue weighted by molar-refractivity contribution is -0.119. The van der Waals surface area contributed by atoms with Gasteiger partial charge in [-0.3, -0.25) is 4.79 Å². The number of aromatic nitrogens is 3. The number of halogens is 1. The summed E-state index contributed by atoms with van der Waals surface area (Å²) in [4.78, 5) is 12.5. The van der Waals surface area contributed by atoms with Crippen molar-refractivity contribution in [1.29, 1.82) is 0 Å². The molecule has 3 rings (SSSR count). The Bertz CT molecular complexity index is 887. The quantitative estimate of drug-likeness (QED) is 0.793. The van der Waals surface area contributed by atoms with Crippen LogP contribution in [0.1, 0.15) is 24.1 Å². The Morgan fingerprint density at radius 3 is 2.65 bits per heavy atom. The van der Waals surface area contributed by atoms with Crippen molar-refractivity contribution >= 4 is 34.2 Å². The summed E-state index contributed by atoms with van der Waals surface area (Å²) in [7, 11) is 0. The third-order valence-electron chi connectivity index (χ3n) is 3.96. The van der Waals surface area contributed by atoms with Gasteiger partial charge < -0.3 is 5.32 Å². The number of fused-ring (bicyclic) bond motifs is 1. The normalized spacial score (nSPS) is 12.3. The number of amides is 1. The molecule has 118 valence electrons. The molecule has 5 nitrogen and oxygen atoms in total. The molecule has 1 amide bonds. The lowest BCUT2D eigenvalue weighted by atomic mass is 10.1. The highest BCUT2D eigenvalue weighted by atomic mass is 35.5. The average Bonchev–Trinajstić information content (AvgIpc) is 2.92. The molecule has 0 aliphatic heterocycles. The molecule has 0 radical (unpaired) electrons. The van der Waals surface area contributed by atoms with Gasteiger partial charge in [0, 0.05) is 0 Å². The number of rotatable bonds is 3. The molecule has 1 unspecified atom stereocenters. The fourth-order valence-electron chi connectivity index (χ4n) is 2.39. The van der Waals surface area contributed by atoms with Gasteiger partial charge in [-0.1, -0.05) is 28.9 Å². The molecule has 1 N–H and O–H groups in total. The molecule has 6 heteroatoms. The minimum Gasteiger partial charge on any atom is -0.323 e. The zero-order valence-electron chi connectivity index (χ0n) is 13.2. The molecular weight excluding hydrogens is 312 g/mol. The standard InChI is InChI=1S/C17H17ClN4O/c1-10-8-15-16(9-11(10)2)22(21-20-15)12(3)17(23)19-14-7-5-4-6-13(14)18/h4-9,12H,1-3H3,(H,19,23). The van der Waals surface area contributed by atoms with Gasteiger partial charge in [-0.15, -0.1) is 5.10 Å². The van der Waals surface area contributed by atoms with Crippen LogP contribution in [0.15, 0.2) is 36.4 Å². The van der Waals surface area contributed by atoms with Crippen molar-refractivity contribution in [1.82, 2.24) is 15.0 Å². The number of aryl methyl sites for hydroxylation is 2. The summed E-state index contributed by atoms with van der Waals surface area (Å²) in [5.41, 5.74) is 4.50. The van der Waals surface area contributed by atoms with Crippen LogP contribution in [0.2, 0.25) is 5.02 Å². The van der Waals surface area contributed by atoms with E-state index >= 15 is 0 Å². The maximum absolute atomic E-state index is 12.5. The molecular formula is C17H17ClN4O. The van der Waals surface area contributed by atoms with Crippen LogP contribution in [-0.2, 0) is 4.79 Å². The molecule has 0 bridgehead atoms. The van der Waals surface area contributed by atoms with Gasteiger partial charge in [0.15, 0.2) is 0 Å². The van der Waals surface area contributed by atoms with Crippen LogP contribution < -0.4 is 5.32 Å². The summed E-state index contributed by atoms with van der Waals surface area (Å²) in [5, 5.41) is 11.6. The van der Waals surface area contributed by atoms with Crippen LogP contribution >= 0.6 is 11.6 Å². The molecule has 1 aromatic heterocycles. The Balaban J connectivity index is 1.91. The third-order valence-corrected chi connectivity index (χ3v) is 4.29. The monoisotopic (exact) mass is 328 g/mol. The first kappa shape index (κ1) is 15.5. The smallest absolute Gasteiger partial charge is 0.249 e. The molecule has 0 saturated carbocycles. The Labute approximate surface area is 139 Å². The SMILES string of the molecule is Cc1cc2nnn(C(C)C(=O)Nc3ccccc3Cl)c2cc1C. The first-order chi connectivity index (χ1) is 11.0. The molecule has 0 fully saturated rings. The fraction of sp³-hybridized carbons (Fsp3) is 0.235. The van der Waals surface area contributed by atoms with Crippen LogP contribution in [0.4, 0.5) is 5.69 Å². The molecule has 2 aromatic carbocycles. The second kappa shape index (κ2) is 6.01. The van der Waals surface area contributed by atoms with Gasteiger partial charge in [0.2, 0.25) is 5.91 Å². The predicted octanol–water partition coefficient (Wildman–Crippen LogP) is 3.90. The highest BCUT2D eigenvalue weighted by molar-refractivity contribution is 6.33. The minimum absolute atomic E-state index is 0.192. The molecule has 0 spiro atoms. The van der Waals surface area contributed by atoms with E-state index in [1.165, 1.54) is 0 Å². The van der Waals surface area contributed by atoms with Crippen LogP contribution in [0.3, 0.4) is 0 Å². The van der Waals surface area contributed by atoms with Crippen molar-refractivity contribution in [2.75, 3.05) is 5.32 Å². The van der Waals surface area contributed by atoms with Crippen molar-refractivity contribution < 1.29 is 4.79 Å². The minimum atomic E-state index is -0.502. The average molecular weight is 329 g/mol. The summed E-state index contributed by atoms with van der Waals surface area (Å²) in [5.74, 6) is -0.192. The number of nitrogens with zero attached hydrogens (tertiary/aromatic N) is 3. The van der Waals surface area contributed by atoms with Gasteiger partial charge in [0.1, 0.15) is 11.6 Å². The number of carbonyl (C=O) groups excluding carboxylic acids is 1. The predicted molar refractivity (Wildman–Crippen MR) is 91.8 cm³/mol. The van der Waals surface area contributed by atoms with Crippen molar-refractivity contribution in [2.24, 2.45) is 0 Å². The maximum Gasteiger partial charge on any atom is 0.249 e. The highest BCUT2D eigenvalue weighted by Crippen LogP contribution is 2.24. The summed E-state index contributed by atoms with van der Waals surface area (Å²) in [6, 6.07) is 10.6. The molecule has 0 aliphatic rings. The van der Waals surface area contributed by atoms with Gasteiger partial charge in [-0.05, 0) is 56.2 Å². The van der Waals surface area contributed by atoms with Gasteiger partial charge in [-0.2, -0.15) is 0 Å². The Morgan fingerprint density at radius 1 is 1.22 bits per heavy atom. The topological polar surface area (TPSA) is 59.8 Å². The van der Waals surface area contributed by atoms with Crippen molar-refractivity contribution in [3.05, 3.63) is 52.5 Å². The zero-order chi connectivity index (χ0) is 16.6. The van der Waals surface area contributed by atoms with E-state index in [4.69, 9.17) is 11.6 Å². The number of hydrogen-bond acceptors (Lipinski definition) is 3. The van der Waals surface area contributed by atoms with E-state index in [0.717, 1.165) is 22.2 Å². The van der Waals surface area contributed by atoms with Gasteiger partial charge >= 0.3 is 0 Å². The molecule has 0 aliphatic carbocycles. The van der Waals surface area contributed by atoms with E-state index in [9.17, 15) is 4.79 Å². The summed E-state index contributed by atoms with van der Waals surface area (Å²) in [6.45, 7) is 5.84. The van der Waals surface area contributed by atoms with Gasteiger partial charge in [0.05, 0.1) is 16.2 Å². The molecule has 0 saturated heterocycles. The number of anilines is 1. The molecule has 3 aromatic rings. The first-order valence-corrected chi connectivity index (χ1v) is 7.72. The van der Waals surface area contributed by atoms with Crippen LogP contribution in [0, 0.1) is 13.8 Å². The van der Waals surface area contributed by atoms with E-state index in [1.54, 1.807) is 23.7 Å². The lowest BCUT2D eigenvalue weighted by Gasteiger charge is -2.14. The van der Waals surface area contributed by atoms with E-state index in [-0.39, 0.29) is 5.91 Å². The van der Waals surface area contributed by atoms with Gasteiger partial charge in [-0.25, -0.2) is 4.68 Å². The number of benzene rings is 2. The van der Waals surface area contributed by atoms with Gasteiger partial charge in [0.25, 0.3) is 0 Å². The molecule has 1 atom stereocenters. The maximum atomic E-state index is 12.5. The van der Waals surface area contributed by atoms with E-state index in [0.29, 0.717) is 10.7 Å². The van der Waals surface area contributed by atoms with Crippen molar-refractivity contribution in [2.45, 2.75) is 26.8 Å². The van der Waals surface area contributed by atoms with Crippen LogP contribution in [0.5, 0.6) is 0 Å². The van der Waals surface area contributed by atoms with E-state index < -0.39 is 6.04 Å². The second-order valence-electron chi connectivity index (χ2n) is 5.60. The highest BCUT2D eigenvalue weighted by Gasteiger charge is 2.20. The molecule has 1 heterocycles. The summed E-state index contributed by atoms with van der Waals surface area (Å²) in [6.07, 6.45) is 0. The summed E-state index contributed by atoms with van der Waals surface area (Å²) >= 11 is 6.08. The summed E-state index contributed by atoms with van der Waals surface area (Å²) < 4.78 is 1.63. The number of nitrogens with one attached hydrogen (secondary N) is 1. The Hall–Kier alpha value is -2.40. The number of carbonyl (C=O) groups is 1. The molecule has 23 heavy (non-hydrogen) atoms. The van der Waals surface area contributed by atoms with Crippen molar-refractivity contribution in [3.8, 4) is 0 Å².